The van der Waals surface area contributed by atoms with E-state index in [1.807, 2.05) is 0 Å². The van der Waals surface area contributed by atoms with Crippen molar-refractivity contribution < 1.29 is 0 Å². The van der Waals surface area contributed by atoms with Crippen molar-refractivity contribution >= 4 is 0 Å². The number of nitrogens with zero attached hydrogens (tertiary/aromatic N) is 1. The molecule has 1 heteroatoms. The first-order chi connectivity index (χ1) is 7.20. The van der Waals surface area contributed by atoms with Gasteiger partial charge < -0.3 is 4.90 Å². The van der Waals surface area contributed by atoms with E-state index in [0.29, 0.717) is 0 Å². The van der Waals surface area contributed by atoms with E-state index in [0.717, 1.165) is 5.92 Å². The molecule has 0 aliphatic heterocycles. The van der Waals surface area contributed by atoms with Crippen molar-refractivity contribution in [3.05, 3.63) is 0 Å². The van der Waals surface area contributed by atoms with Crippen molar-refractivity contribution in [3.8, 4) is 0 Å². The van der Waals surface area contributed by atoms with Gasteiger partial charge in [0.05, 0.1) is 0 Å². The summed E-state index contributed by atoms with van der Waals surface area (Å²) in [4.78, 5) is 2.29. The summed E-state index contributed by atoms with van der Waals surface area (Å²) in [6, 6.07) is 0. The van der Waals surface area contributed by atoms with Gasteiger partial charge in [0.15, 0.2) is 0 Å². The summed E-state index contributed by atoms with van der Waals surface area (Å²) in [5.41, 5.74) is 0. The second kappa shape index (κ2) is 10.5. The number of hydrogen-bond acceptors (Lipinski definition) is 1. The van der Waals surface area contributed by atoms with E-state index >= 15 is 0 Å². The highest BCUT2D eigenvalue weighted by molar-refractivity contribution is 4.60. The van der Waals surface area contributed by atoms with Crippen LogP contribution in [0.5, 0.6) is 0 Å². The minimum atomic E-state index is 1.01. The Labute approximate surface area is 97.2 Å². The van der Waals surface area contributed by atoms with Crippen molar-refractivity contribution in [2.45, 2.75) is 65.2 Å². The maximum Gasteiger partial charge on any atom is -0.00248 e. The van der Waals surface area contributed by atoms with Crippen LogP contribution in [0.25, 0.3) is 0 Å². The highest BCUT2D eigenvalue weighted by Gasteiger charge is 2.06. The second-order valence-electron chi connectivity index (χ2n) is 5.10. The lowest BCUT2D eigenvalue weighted by molar-refractivity contribution is 0.353. The van der Waals surface area contributed by atoms with Crippen molar-refractivity contribution in [3.63, 3.8) is 0 Å². The van der Waals surface area contributed by atoms with Crippen LogP contribution in [0.1, 0.15) is 65.2 Å². The van der Waals surface area contributed by atoms with Crippen molar-refractivity contribution in [2.24, 2.45) is 5.92 Å². The molecule has 0 saturated heterocycles. The van der Waals surface area contributed by atoms with Crippen LogP contribution in [-0.2, 0) is 0 Å². The molecule has 0 aliphatic rings. The van der Waals surface area contributed by atoms with Crippen molar-refractivity contribution in [1.29, 1.82) is 0 Å². The molecule has 0 aromatic heterocycles. The Balaban J connectivity index is 3.47. The Kier molecular flexibility index (Phi) is 10.4. The van der Waals surface area contributed by atoms with E-state index in [2.05, 4.69) is 32.8 Å². The van der Waals surface area contributed by atoms with Crippen LogP contribution in [-0.4, -0.2) is 25.5 Å². The van der Waals surface area contributed by atoms with Gasteiger partial charge in [-0.25, -0.2) is 0 Å². The van der Waals surface area contributed by atoms with Gasteiger partial charge in [-0.2, -0.15) is 0 Å². The Morgan fingerprint density at radius 2 is 1.47 bits per heavy atom. The molecular weight excluding hydrogens is 182 g/mol. The standard InChI is InChI=1S/C14H31N/c1-5-7-11-14(10-6-2)12-8-9-13-15(3)4/h14H,5-13H2,1-4H3. The lowest BCUT2D eigenvalue weighted by Gasteiger charge is -2.16. The number of rotatable bonds is 10. The van der Waals surface area contributed by atoms with Gasteiger partial charge in [0, 0.05) is 0 Å². The molecule has 0 saturated carbocycles. The van der Waals surface area contributed by atoms with Crippen LogP contribution in [0.3, 0.4) is 0 Å². The van der Waals surface area contributed by atoms with E-state index in [9.17, 15) is 0 Å². The maximum atomic E-state index is 2.32. The quantitative estimate of drug-likeness (QED) is 0.488. The zero-order valence-corrected chi connectivity index (χ0v) is 11.4. The van der Waals surface area contributed by atoms with Crippen LogP contribution >= 0.6 is 0 Å². The largest absolute Gasteiger partial charge is 0.309 e. The highest BCUT2D eigenvalue weighted by Crippen LogP contribution is 2.21. The van der Waals surface area contributed by atoms with Gasteiger partial charge in [0.1, 0.15) is 0 Å². The lowest BCUT2D eigenvalue weighted by atomic mass is 9.92. The summed E-state index contributed by atoms with van der Waals surface area (Å²) < 4.78 is 0. The summed E-state index contributed by atoms with van der Waals surface area (Å²) in [5.74, 6) is 1.01. The summed E-state index contributed by atoms with van der Waals surface area (Å²) in [6.07, 6.45) is 11.3. The smallest absolute Gasteiger partial charge is 0.00248 e. The maximum absolute atomic E-state index is 2.32. The highest BCUT2D eigenvalue weighted by atomic mass is 15.0. The molecule has 0 aliphatic carbocycles. The average Bonchev–Trinajstić information content (AvgIpc) is 2.20. The molecule has 92 valence electrons. The predicted molar refractivity (Wildman–Crippen MR) is 70.3 cm³/mol. The molecule has 0 aromatic carbocycles. The molecule has 0 aromatic rings. The van der Waals surface area contributed by atoms with E-state index in [-0.39, 0.29) is 0 Å². The van der Waals surface area contributed by atoms with Gasteiger partial charge in [0.25, 0.3) is 0 Å². The average molecular weight is 213 g/mol. The SMILES string of the molecule is CCCCC(CCC)CCCCN(C)C. The topological polar surface area (TPSA) is 3.24 Å². The monoisotopic (exact) mass is 213 g/mol. The number of hydrogen-bond donors (Lipinski definition) is 0. The third-order valence-corrected chi connectivity index (χ3v) is 3.13. The van der Waals surface area contributed by atoms with Crippen LogP contribution < -0.4 is 0 Å². The first-order valence-electron chi connectivity index (χ1n) is 6.85. The van der Waals surface area contributed by atoms with Crippen molar-refractivity contribution in [2.75, 3.05) is 20.6 Å². The minimum Gasteiger partial charge on any atom is -0.309 e. The van der Waals surface area contributed by atoms with Crippen LogP contribution in [0.2, 0.25) is 0 Å². The Morgan fingerprint density at radius 3 is 2.00 bits per heavy atom. The normalized spacial score (nSPS) is 13.4. The summed E-state index contributed by atoms with van der Waals surface area (Å²) in [7, 11) is 4.33. The molecule has 1 atom stereocenters. The third kappa shape index (κ3) is 10.2. The molecule has 0 bridgehead atoms. The minimum absolute atomic E-state index is 1.01. The van der Waals surface area contributed by atoms with Gasteiger partial charge in [-0.15, -0.1) is 0 Å². The Hall–Kier alpha value is -0.0400. The fourth-order valence-electron chi connectivity index (χ4n) is 2.20. The molecule has 0 heterocycles. The third-order valence-electron chi connectivity index (χ3n) is 3.13. The fraction of sp³-hybridized carbons (Fsp3) is 1.00. The number of unbranched alkanes of at least 4 members (excludes halogenated alkanes) is 2. The van der Waals surface area contributed by atoms with E-state index < -0.39 is 0 Å². The Bertz CT molecular complexity index is 121. The first kappa shape index (κ1) is 15.0. The van der Waals surface area contributed by atoms with Crippen LogP contribution in [0, 0.1) is 5.92 Å². The summed E-state index contributed by atoms with van der Waals surface area (Å²) in [6.45, 7) is 5.88. The molecule has 1 nitrogen and oxygen atoms in total. The zero-order chi connectivity index (χ0) is 11.5. The molecule has 0 amide bonds. The molecule has 0 spiro atoms. The van der Waals surface area contributed by atoms with Gasteiger partial charge in [-0.3, -0.25) is 0 Å². The molecule has 0 rings (SSSR count). The van der Waals surface area contributed by atoms with Gasteiger partial charge in [0.2, 0.25) is 0 Å². The molecule has 0 N–H and O–H groups in total. The van der Waals surface area contributed by atoms with E-state index in [1.165, 1.54) is 57.9 Å². The summed E-state index contributed by atoms with van der Waals surface area (Å²) in [5, 5.41) is 0. The molecular formula is C14H31N. The van der Waals surface area contributed by atoms with Crippen LogP contribution in [0.15, 0.2) is 0 Å². The first-order valence-corrected chi connectivity index (χ1v) is 6.85. The van der Waals surface area contributed by atoms with Gasteiger partial charge in [-0.05, 0) is 33.0 Å². The van der Waals surface area contributed by atoms with Crippen LogP contribution in [0.4, 0.5) is 0 Å². The fourth-order valence-corrected chi connectivity index (χ4v) is 2.20. The predicted octanol–water partition coefficient (Wildman–Crippen LogP) is 4.32. The second-order valence-corrected chi connectivity index (χ2v) is 5.10. The summed E-state index contributed by atoms with van der Waals surface area (Å²) >= 11 is 0. The molecule has 15 heavy (non-hydrogen) atoms. The lowest BCUT2D eigenvalue weighted by Crippen LogP contribution is -2.13. The van der Waals surface area contributed by atoms with E-state index in [1.54, 1.807) is 0 Å². The van der Waals surface area contributed by atoms with E-state index in [4.69, 9.17) is 0 Å². The van der Waals surface area contributed by atoms with Gasteiger partial charge >= 0.3 is 0 Å². The van der Waals surface area contributed by atoms with Crippen molar-refractivity contribution in [1.82, 2.24) is 4.90 Å². The zero-order valence-electron chi connectivity index (χ0n) is 11.4. The van der Waals surface area contributed by atoms with Gasteiger partial charge in [-0.1, -0.05) is 58.8 Å². The molecule has 0 fully saturated rings. The molecule has 0 radical (unpaired) electrons. The molecule has 1 unspecified atom stereocenters. The Morgan fingerprint density at radius 1 is 0.800 bits per heavy atom.